The van der Waals surface area contributed by atoms with Crippen LogP contribution in [0.5, 0.6) is 0 Å². The minimum absolute atomic E-state index is 0.284. The molecule has 0 bridgehead atoms. The number of hydrogen-bond donors (Lipinski definition) is 1. The monoisotopic (exact) mass is 231 g/mol. The Morgan fingerprint density at radius 1 is 1.35 bits per heavy atom. The molecule has 0 saturated heterocycles. The van der Waals surface area contributed by atoms with E-state index in [-0.39, 0.29) is 5.91 Å². The van der Waals surface area contributed by atoms with Gasteiger partial charge in [-0.25, -0.2) is 4.98 Å². The SMILES string of the molecule is CCn1cc(NC(=O)c2cnc(C)cn2)cn1. The topological polar surface area (TPSA) is 72.7 Å². The number of hydrogen-bond acceptors (Lipinski definition) is 4. The summed E-state index contributed by atoms with van der Waals surface area (Å²) in [7, 11) is 0. The van der Waals surface area contributed by atoms with Gasteiger partial charge in [0, 0.05) is 18.9 Å². The van der Waals surface area contributed by atoms with Crippen LogP contribution in [-0.4, -0.2) is 25.7 Å². The first-order valence-electron chi connectivity index (χ1n) is 5.31. The fourth-order valence-corrected chi connectivity index (χ4v) is 1.31. The smallest absolute Gasteiger partial charge is 0.275 e. The second kappa shape index (κ2) is 4.73. The van der Waals surface area contributed by atoms with Crippen molar-refractivity contribution in [2.75, 3.05) is 5.32 Å². The molecule has 0 aliphatic rings. The molecular weight excluding hydrogens is 218 g/mol. The third-order valence-corrected chi connectivity index (χ3v) is 2.23. The first kappa shape index (κ1) is 11.3. The first-order valence-corrected chi connectivity index (χ1v) is 5.31. The second-order valence-corrected chi connectivity index (χ2v) is 3.58. The molecule has 0 fully saturated rings. The molecule has 1 amide bonds. The van der Waals surface area contributed by atoms with E-state index in [4.69, 9.17) is 0 Å². The van der Waals surface area contributed by atoms with Crippen molar-refractivity contribution < 1.29 is 4.79 Å². The standard InChI is InChI=1S/C11H13N5O/c1-3-16-7-9(5-14-16)15-11(17)10-6-12-8(2)4-13-10/h4-7H,3H2,1-2H3,(H,15,17). The summed E-state index contributed by atoms with van der Waals surface area (Å²) in [5, 5.41) is 6.77. The van der Waals surface area contributed by atoms with Gasteiger partial charge in [0.25, 0.3) is 5.91 Å². The summed E-state index contributed by atoms with van der Waals surface area (Å²) in [6, 6.07) is 0. The highest BCUT2D eigenvalue weighted by molar-refractivity contribution is 6.02. The number of nitrogens with one attached hydrogen (secondary N) is 1. The highest BCUT2D eigenvalue weighted by atomic mass is 16.1. The van der Waals surface area contributed by atoms with Gasteiger partial charge in [-0.05, 0) is 13.8 Å². The van der Waals surface area contributed by atoms with Crippen molar-refractivity contribution in [2.45, 2.75) is 20.4 Å². The molecule has 0 aromatic carbocycles. The molecule has 0 radical (unpaired) electrons. The molecule has 2 aromatic heterocycles. The van der Waals surface area contributed by atoms with Crippen LogP contribution >= 0.6 is 0 Å². The maximum atomic E-state index is 11.8. The van der Waals surface area contributed by atoms with Crippen LogP contribution in [0, 0.1) is 6.92 Å². The van der Waals surface area contributed by atoms with Crippen molar-refractivity contribution in [1.82, 2.24) is 19.7 Å². The predicted octanol–water partition coefficient (Wildman–Crippen LogP) is 1.25. The quantitative estimate of drug-likeness (QED) is 0.862. The van der Waals surface area contributed by atoms with Crippen molar-refractivity contribution in [3.05, 3.63) is 36.2 Å². The van der Waals surface area contributed by atoms with Crippen LogP contribution in [0.3, 0.4) is 0 Å². The Balaban J connectivity index is 2.08. The Kier molecular flexibility index (Phi) is 3.13. The number of nitrogens with zero attached hydrogens (tertiary/aromatic N) is 4. The lowest BCUT2D eigenvalue weighted by atomic mass is 10.4. The minimum atomic E-state index is -0.284. The second-order valence-electron chi connectivity index (χ2n) is 3.58. The fraction of sp³-hybridized carbons (Fsp3) is 0.273. The van der Waals surface area contributed by atoms with Gasteiger partial charge in [0.1, 0.15) is 5.69 Å². The summed E-state index contributed by atoms with van der Waals surface area (Å²) in [6.07, 6.45) is 6.38. The summed E-state index contributed by atoms with van der Waals surface area (Å²) in [5.74, 6) is -0.284. The number of carbonyl (C=O) groups excluding carboxylic acids is 1. The molecule has 2 aromatic rings. The van der Waals surface area contributed by atoms with E-state index in [1.54, 1.807) is 23.3 Å². The van der Waals surface area contributed by atoms with E-state index in [2.05, 4.69) is 20.4 Å². The van der Waals surface area contributed by atoms with Gasteiger partial charge < -0.3 is 5.32 Å². The van der Waals surface area contributed by atoms with E-state index in [1.807, 2.05) is 13.8 Å². The summed E-state index contributed by atoms with van der Waals surface area (Å²) in [4.78, 5) is 19.8. The highest BCUT2D eigenvalue weighted by Crippen LogP contribution is 2.06. The zero-order chi connectivity index (χ0) is 12.3. The Morgan fingerprint density at radius 2 is 2.18 bits per heavy atom. The van der Waals surface area contributed by atoms with Crippen LogP contribution in [0.15, 0.2) is 24.8 Å². The van der Waals surface area contributed by atoms with E-state index in [0.717, 1.165) is 12.2 Å². The number of aromatic nitrogens is 4. The number of aryl methyl sites for hydroxylation is 2. The molecule has 0 atom stereocenters. The molecule has 0 aliphatic heterocycles. The molecule has 0 aliphatic carbocycles. The molecule has 6 heteroatoms. The van der Waals surface area contributed by atoms with Crippen molar-refractivity contribution in [2.24, 2.45) is 0 Å². The minimum Gasteiger partial charge on any atom is -0.318 e. The molecule has 2 rings (SSSR count). The molecule has 6 nitrogen and oxygen atoms in total. The molecule has 0 spiro atoms. The lowest BCUT2D eigenvalue weighted by molar-refractivity contribution is 0.102. The van der Waals surface area contributed by atoms with Crippen molar-refractivity contribution in [1.29, 1.82) is 0 Å². The van der Waals surface area contributed by atoms with E-state index >= 15 is 0 Å². The molecule has 17 heavy (non-hydrogen) atoms. The average molecular weight is 231 g/mol. The summed E-state index contributed by atoms with van der Waals surface area (Å²) < 4.78 is 1.73. The van der Waals surface area contributed by atoms with Crippen LogP contribution in [0.25, 0.3) is 0 Å². The molecule has 2 heterocycles. The maximum absolute atomic E-state index is 11.8. The number of carbonyl (C=O) groups is 1. The van der Waals surface area contributed by atoms with Gasteiger partial charge in [0.05, 0.1) is 23.8 Å². The van der Waals surface area contributed by atoms with Crippen LogP contribution in [-0.2, 0) is 6.54 Å². The van der Waals surface area contributed by atoms with Gasteiger partial charge >= 0.3 is 0 Å². The summed E-state index contributed by atoms with van der Waals surface area (Å²) in [6.45, 7) is 4.56. The lowest BCUT2D eigenvalue weighted by Crippen LogP contribution is -2.13. The van der Waals surface area contributed by atoms with Gasteiger partial charge in [0.15, 0.2) is 0 Å². The number of amides is 1. The average Bonchev–Trinajstić information content (AvgIpc) is 2.77. The number of anilines is 1. The maximum Gasteiger partial charge on any atom is 0.275 e. The van der Waals surface area contributed by atoms with Crippen LogP contribution in [0.2, 0.25) is 0 Å². The van der Waals surface area contributed by atoms with Crippen molar-refractivity contribution in [3.8, 4) is 0 Å². The van der Waals surface area contributed by atoms with Gasteiger partial charge in [0.2, 0.25) is 0 Å². The van der Waals surface area contributed by atoms with Crippen LogP contribution in [0.1, 0.15) is 23.1 Å². The summed E-state index contributed by atoms with van der Waals surface area (Å²) in [5.41, 5.74) is 1.72. The third kappa shape index (κ3) is 2.66. The van der Waals surface area contributed by atoms with Gasteiger partial charge in [-0.1, -0.05) is 0 Å². The van der Waals surface area contributed by atoms with E-state index < -0.39 is 0 Å². The zero-order valence-corrected chi connectivity index (χ0v) is 9.71. The number of rotatable bonds is 3. The predicted molar refractivity (Wildman–Crippen MR) is 62.6 cm³/mol. The summed E-state index contributed by atoms with van der Waals surface area (Å²) >= 11 is 0. The first-order chi connectivity index (χ1) is 8.19. The Hall–Kier alpha value is -2.24. The van der Waals surface area contributed by atoms with E-state index in [1.165, 1.54) is 6.20 Å². The van der Waals surface area contributed by atoms with E-state index in [0.29, 0.717) is 11.4 Å². The van der Waals surface area contributed by atoms with Gasteiger partial charge in [-0.15, -0.1) is 0 Å². The third-order valence-electron chi connectivity index (χ3n) is 2.23. The van der Waals surface area contributed by atoms with Crippen molar-refractivity contribution >= 4 is 11.6 Å². The molecule has 0 unspecified atom stereocenters. The lowest BCUT2D eigenvalue weighted by Gasteiger charge is -2.01. The Labute approximate surface area is 98.7 Å². The van der Waals surface area contributed by atoms with Gasteiger partial charge in [-0.2, -0.15) is 5.10 Å². The largest absolute Gasteiger partial charge is 0.318 e. The zero-order valence-electron chi connectivity index (χ0n) is 9.71. The van der Waals surface area contributed by atoms with Crippen LogP contribution < -0.4 is 5.32 Å². The Bertz CT molecular complexity index is 517. The molecule has 88 valence electrons. The Morgan fingerprint density at radius 3 is 2.76 bits per heavy atom. The van der Waals surface area contributed by atoms with Crippen LogP contribution in [0.4, 0.5) is 5.69 Å². The normalized spacial score (nSPS) is 10.2. The molecule has 1 N–H and O–H groups in total. The van der Waals surface area contributed by atoms with E-state index in [9.17, 15) is 4.79 Å². The molecule has 0 saturated carbocycles. The van der Waals surface area contributed by atoms with Crippen molar-refractivity contribution in [3.63, 3.8) is 0 Å². The highest BCUT2D eigenvalue weighted by Gasteiger charge is 2.08. The fourth-order valence-electron chi connectivity index (χ4n) is 1.31. The van der Waals surface area contributed by atoms with Gasteiger partial charge in [-0.3, -0.25) is 14.5 Å². The molecular formula is C11H13N5O.